The highest BCUT2D eigenvalue weighted by molar-refractivity contribution is 7.80. The van der Waals surface area contributed by atoms with Crippen molar-refractivity contribution in [1.82, 2.24) is 5.32 Å². The number of rotatable bonds is 5. The van der Waals surface area contributed by atoms with E-state index in [9.17, 15) is 4.79 Å². The molecule has 0 unspecified atom stereocenters. The molecule has 3 aromatic rings. The van der Waals surface area contributed by atoms with Gasteiger partial charge in [-0.05, 0) is 60.7 Å². The lowest BCUT2D eigenvalue weighted by Crippen LogP contribution is -2.34. The van der Waals surface area contributed by atoms with Gasteiger partial charge in [0.1, 0.15) is 23.9 Å². The molecule has 0 fully saturated rings. The molecule has 9 heteroatoms. The first kappa shape index (κ1) is 21.1. The molecular formula is C20H16Cl2N2O4S. The lowest BCUT2D eigenvalue weighted by atomic mass is 10.1. The van der Waals surface area contributed by atoms with Gasteiger partial charge in [-0.15, -0.1) is 0 Å². The summed E-state index contributed by atoms with van der Waals surface area (Å²) < 4.78 is 10.6. The van der Waals surface area contributed by atoms with Gasteiger partial charge in [0.15, 0.2) is 5.11 Å². The Balaban J connectivity index is 1.72. The summed E-state index contributed by atoms with van der Waals surface area (Å²) in [6.45, 7) is -0.190. The second-order valence-electron chi connectivity index (χ2n) is 5.88. The number of ether oxygens (including phenoxy) is 1. The van der Waals surface area contributed by atoms with Crippen LogP contribution < -0.4 is 15.4 Å². The molecule has 1 aromatic heterocycles. The van der Waals surface area contributed by atoms with Gasteiger partial charge < -0.3 is 19.6 Å². The van der Waals surface area contributed by atoms with E-state index >= 15 is 0 Å². The Morgan fingerprint density at radius 1 is 1.14 bits per heavy atom. The minimum absolute atomic E-state index is 0.0662. The van der Waals surface area contributed by atoms with Crippen molar-refractivity contribution < 1.29 is 19.1 Å². The fourth-order valence-corrected chi connectivity index (χ4v) is 3.15. The molecule has 0 atom stereocenters. The normalized spacial score (nSPS) is 10.5. The standard InChI is InChI=1S/C20H16Cl2N2O4S/c1-27-18-6-3-12(8-15(18)22)19(26)24-20(29)23-16-9-11(2-5-14(16)21)17-7-4-13(10-25)28-17/h2-9,25H,10H2,1H3,(H2,23,24,26,29). The van der Waals surface area contributed by atoms with E-state index in [0.29, 0.717) is 38.6 Å². The Kier molecular flexibility index (Phi) is 6.76. The molecule has 0 aliphatic rings. The number of benzene rings is 2. The molecule has 1 heterocycles. The van der Waals surface area contributed by atoms with Crippen molar-refractivity contribution in [1.29, 1.82) is 0 Å². The minimum Gasteiger partial charge on any atom is -0.495 e. The highest BCUT2D eigenvalue weighted by Crippen LogP contribution is 2.30. The molecule has 0 spiro atoms. The van der Waals surface area contributed by atoms with Crippen molar-refractivity contribution in [2.45, 2.75) is 6.61 Å². The summed E-state index contributed by atoms with van der Waals surface area (Å²) in [5.41, 5.74) is 1.55. The third kappa shape index (κ3) is 5.07. The fraction of sp³-hybridized carbons (Fsp3) is 0.100. The van der Waals surface area contributed by atoms with Crippen LogP contribution in [0.4, 0.5) is 5.69 Å². The van der Waals surface area contributed by atoms with Crippen LogP contribution in [0.5, 0.6) is 5.75 Å². The van der Waals surface area contributed by atoms with Crippen LogP contribution in [0.25, 0.3) is 11.3 Å². The van der Waals surface area contributed by atoms with Crippen LogP contribution in [-0.4, -0.2) is 23.2 Å². The van der Waals surface area contributed by atoms with Gasteiger partial charge in [0, 0.05) is 11.1 Å². The third-order valence-corrected chi connectivity index (χ3v) is 4.79. The highest BCUT2D eigenvalue weighted by Gasteiger charge is 2.13. The monoisotopic (exact) mass is 450 g/mol. The molecule has 0 aliphatic carbocycles. The van der Waals surface area contributed by atoms with E-state index in [2.05, 4.69) is 10.6 Å². The number of aliphatic hydroxyl groups is 1. The van der Waals surface area contributed by atoms with Crippen molar-refractivity contribution in [2.24, 2.45) is 0 Å². The molecule has 6 nitrogen and oxygen atoms in total. The molecule has 0 radical (unpaired) electrons. The van der Waals surface area contributed by atoms with E-state index < -0.39 is 5.91 Å². The Bertz CT molecular complexity index is 1070. The van der Waals surface area contributed by atoms with Crippen LogP contribution in [0.15, 0.2) is 52.9 Å². The smallest absolute Gasteiger partial charge is 0.257 e. The van der Waals surface area contributed by atoms with Crippen molar-refractivity contribution in [3.05, 3.63) is 69.9 Å². The molecule has 150 valence electrons. The number of aliphatic hydroxyl groups excluding tert-OH is 1. The first-order valence-electron chi connectivity index (χ1n) is 8.36. The SMILES string of the molecule is COc1ccc(C(=O)NC(=S)Nc2cc(-c3ccc(CO)o3)ccc2Cl)cc1Cl. The summed E-state index contributed by atoms with van der Waals surface area (Å²) in [6, 6.07) is 13.3. The maximum Gasteiger partial charge on any atom is 0.257 e. The van der Waals surface area contributed by atoms with E-state index in [4.69, 9.17) is 49.7 Å². The Labute approximate surface area is 182 Å². The predicted molar refractivity (Wildman–Crippen MR) is 117 cm³/mol. The van der Waals surface area contributed by atoms with Crippen LogP contribution in [0.3, 0.4) is 0 Å². The highest BCUT2D eigenvalue weighted by atomic mass is 35.5. The quantitative estimate of drug-likeness (QED) is 0.480. The molecule has 0 saturated carbocycles. The number of halogens is 2. The number of carbonyl (C=O) groups excluding carboxylic acids is 1. The van der Waals surface area contributed by atoms with E-state index in [-0.39, 0.29) is 11.7 Å². The molecule has 2 aromatic carbocycles. The van der Waals surface area contributed by atoms with Gasteiger partial charge in [-0.25, -0.2) is 0 Å². The third-order valence-electron chi connectivity index (χ3n) is 3.96. The molecule has 3 N–H and O–H groups in total. The summed E-state index contributed by atoms with van der Waals surface area (Å²) in [4.78, 5) is 12.4. The number of nitrogens with one attached hydrogen (secondary N) is 2. The Morgan fingerprint density at radius 2 is 1.93 bits per heavy atom. The Morgan fingerprint density at radius 3 is 2.59 bits per heavy atom. The summed E-state index contributed by atoms with van der Waals surface area (Å²) in [6.07, 6.45) is 0. The van der Waals surface area contributed by atoms with Gasteiger partial charge in [0.05, 0.1) is 22.8 Å². The average Bonchev–Trinajstić information content (AvgIpc) is 3.18. The van der Waals surface area contributed by atoms with Crippen LogP contribution >= 0.6 is 35.4 Å². The minimum atomic E-state index is -0.432. The fourth-order valence-electron chi connectivity index (χ4n) is 2.53. The van der Waals surface area contributed by atoms with Crippen LogP contribution in [0.2, 0.25) is 10.0 Å². The van der Waals surface area contributed by atoms with E-state index in [0.717, 1.165) is 5.56 Å². The summed E-state index contributed by atoms with van der Waals surface area (Å²) in [5.74, 6) is 1.05. The van der Waals surface area contributed by atoms with Gasteiger partial charge in [-0.1, -0.05) is 23.2 Å². The first-order valence-corrected chi connectivity index (χ1v) is 9.53. The van der Waals surface area contributed by atoms with E-state index in [1.54, 1.807) is 42.5 Å². The number of anilines is 1. The summed E-state index contributed by atoms with van der Waals surface area (Å²) in [5, 5.41) is 15.4. The number of methoxy groups -OCH3 is 1. The number of amides is 1. The zero-order valence-electron chi connectivity index (χ0n) is 15.2. The zero-order valence-corrected chi connectivity index (χ0v) is 17.5. The van der Waals surface area contributed by atoms with Crippen molar-refractivity contribution >= 4 is 52.1 Å². The lowest BCUT2D eigenvalue weighted by molar-refractivity contribution is 0.0977. The number of furan rings is 1. The molecule has 0 bridgehead atoms. The largest absolute Gasteiger partial charge is 0.495 e. The maximum absolute atomic E-state index is 12.4. The van der Waals surface area contributed by atoms with E-state index in [1.807, 2.05) is 0 Å². The molecule has 0 saturated heterocycles. The van der Waals surface area contributed by atoms with E-state index in [1.165, 1.54) is 13.2 Å². The predicted octanol–water partition coefficient (Wildman–Crippen LogP) is 4.88. The van der Waals surface area contributed by atoms with Gasteiger partial charge in [-0.2, -0.15) is 0 Å². The second-order valence-corrected chi connectivity index (χ2v) is 7.10. The first-order chi connectivity index (χ1) is 13.9. The van der Waals surface area contributed by atoms with Crippen LogP contribution in [0.1, 0.15) is 16.1 Å². The average molecular weight is 451 g/mol. The summed E-state index contributed by atoms with van der Waals surface area (Å²) >= 11 is 17.5. The number of hydrogen-bond donors (Lipinski definition) is 3. The molecule has 3 rings (SSSR count). The number of thiocarbonyl (C=S) groups is 1. The summed E-state index contributed by atoms with van der Waals surface area (Å²) in [7, 11) is 1.49. The molecule has 29 heavy (non-hydrogen) atoms. The zero-order chi connectivity index (χ0) is 21.0. The van der Waals surface area contributed by atoms with Crippen molar-refractivity contribution in [2.75, 3.05) is 12.4 Å². The van der Waals surface area contributed by atoms with Gasteiger partial charge in [0.2, 0.25) is 0 Å². The number of carbonyl (C=O) groups is 1. The Hall–Kier alpha value is -2.58. The van der Waals surface area contributed by atoms with Gasteiger partial charge >= 0.3 is 0 Å². The lowest BCUT2D eigenvalue weighted by Gasteiger charge is -2.12. The second kappa shape index (κ2) is 9.28. The van der Waals surface area contributed by atoms with Crippen LogP contribution in [0, 0.1) is 0 Å². The molecular weight excluding hydrogens is 435 g/mol. The van der Waals surface area contributed by atoms with Crippen molar-refractivity contribution in [3.8, 4) is 17.1 Å². The van der Waals surface area contributed by atoms with Crippen LogP contribution in [-0.2, 0) is 6.61 Å². The number of hydrogen-bond acceptors (Lipinski definition) is 5. The molecule has 1 amide bonds. The van der Waals surface area contributed by atoms with Gasteiger partial charge in [0.25, 0.3) is 5.91 Å². The van der Waals surface area contributed by atoms with Crippen molar-refractivity contribution in [3.63, 3.8) is 0 Å². The maximum atomic E-state index is 12.4. The molecule has 0 aliphatic heterocycles. The topological polar surface area (TPSA) is 83.7 Å². The van der Waals surface area contributed by atoms with Gasteiger partial charge in [-0.3, -0.25) is 10.1 Å².